The lowest BCUT2D eigenvalue weighted by Crippen LogP contribution is -2.54. The van der Waals surface area contributed by atoms with E-state index in [4.69, 9.17) is 9.47 Å². The van der Waals surface area contributed by atoms with Gasteiger partial charge in [-0.05, 0) is 32.8 Å². The fourth-order valence-electron chi connectivity index (χ4n) is 3.33. The molecule has 0 aromatic rings. The molecule has 2 bridgehead atoms. The van der Waals surface area contributed by atoms with Gasteiger partial charge < -0.3 is 9.47 Å². The Morgan fingerprint density at radius 2 is 1.82 bits per heavy atom. The van der Waals surface area contributed by atoms with E-state index >= 15 is 0 Å². The van der Waals surface area contributed by atoms with Crippen molar-refractivity contribution < 1.29 is 19.1 Å². The minimum absolute atomic E-state index is 0.273. The van der Waals surface area contributed by atoms with Crippen LogP contribution in [0.4, 0.5) is 4.79 Å². The number of hydrogen-bond acceptors (Lipinski definition) is 4. The highest BCUT2D eigenvalue weighted by atomic mass is 16.6. The Balaban J connectivity index is 1.91. The number of methoxy groups -OCH3 is 1. The number of ether oxygens (including phenoxy) is 2. The molecule has 1 spiro atoms. The third kappa shape index (κ3) is 1.99. The first-order valence-corrected chi connectivity index (χ1v) is 7.42. The maximum Gasteiger partial charge on any atom is 0.411 e. The Hall–Kier alpha value is -2.04. The van der Waals surface area contributed by atoms with E-state index in [0.717, 1.165) is 5.57 Å². The fourth-order valence-corrected chi connectivity index (χ4v) is 3.33. The molecule has 0 radical (unpaired) electrons. The molecule has 118 valence electrons. The molecule has 4 rings (SSSR count). The SMILES string of the molecule is COC(=O)C12C=CC3(C=C1)C(=CCN3C(=O)OC(C)(C)C)C2. The van der Waals surface area contributed by atoms with Gasteiger partial charge in [-0.2, -0.15) is 0 Å². The van der Waals surface area contributed by atoms with E-state index < -0.39 is 16.6 Å². The predicted molar refractivity (Wildman–Crippen MR) is 81.1 cm³/mol. The molecule has 0 aromatic carbocycles. The minimum Gasteiger partial charge on any atom is -0.468 e. The van der Waals surface area contributed by atoms with Crippen molar-refractivity contribution in [1.29, 1.82) is 0 Å². The molecule has 5 nitrogen and oxygen atoms in total. The van der Waals surface area contributed by atoms with E-state index in [1.165, 1.54) is 7.11 Å². The monoisotopic (exact) mass is 303 g/mol. The molecular weight excluding hydrogens is 282 g/mol. The summed E-state index contributed by atoms with van der Waals surface area (Å²) in [5.41, 5.74) is -0.804. The number of nitrogens with zero attached hydrogens (tertiary/aromatic N) is 1. The van der Waals surface area contributed by atoms with Gasteiger partial charge in [-0.25, -0.2) is 4.79 Å². The van der Waals surface area contributed by atoms with Gasteiger partial charge >= 0.3 is 12.1 Å². The summed E-state index contributed by atoms with van der Waals surface area (Å²) in [4.78, 5) is 26.3. The van der Waals surface area contributed by atoms with Crippen molar-refractivity contribution in [3.05, 3.63) is 36.0 Å². The van der Waals surface area contributed by atoms with Crippen molar-refractivity contribution in [3.63, 3.8) is 0 Å². The maximum atomic E-state index is 12.5. The van der Waals surface area contributed by atoms with E-state index in [9.17, 15) is 9.59 Å². The first-order chi connectivity index (χ1) is 10.2. The third-order valence-corrected chi connectivity index (χ3v) is 4.41. The summed E-state index contributed by atoms with van der Waals surface area (Å²) in [6.07, 6.45) is 9.73. The number of carbonyl (C=O) groups excluding carboxylic acids is 2. The summed E-state index contributed by atoms with van der Waals surface area (Å²) in [5, 5.41) is 0. The lowest BCUT2D eigenvalue weighted by molar-refractivity contribution is -0.147. The molecule has 0 N–H and O–H groups in total. The molecular formula is C17H21NO4. The van der Waals surface area contributed by atoms with Crippen LogP contribution in [0.5, 0.6) is 0 Å². The molecule has 0 saturated carbocycles. The Morgan fingerprint density at radius 3 is 2.36 bits per heavy atom. The first-order valence-electron chi connectivity index (χ1n) is 7.42. The van der Waals surface area contributed by atoms with Gasteiger partial charge in [0.25, 0.3) is 0 Å². The summed E-state index contributed by atoms with van der Waals surface area (Å²) in [5.74, 6) is -0.273. The number of amides is 1. The van der Waals surface area contributed by atoms with E-state index in [1.807, 2.05) is 51.2 Å². The number of esters is 1. The largest absolute Gasteiger partial charge is 0.468 e. The minimum atomic E-state index is -0.730. The Kier molecular flexibility index (Phi) is 3.03. The van der Waals surface area contributed by atoms with Crippen LogP contribution in [0.25, 0.3) is 0 Å². The van der Waals surface area contributed by atoms with Crippen LogP contribution in [0.3, 0.4) is 0 Å². The number of carbonyl (C=O) groups is 2. The number of hydrogen-bond donors (Lipinski definition) is 0. The third-order valence-electron chi connectivity index (χ3n) is 4.41. The summed E-state index contributed by atoms with van der Waals surface area (Å²) in [7, 11) is 1.39. The van der Waals surface area contributed by atoms with Crippen LogP contribution in [0.15, 0.2) is 36.0 Å². The van der Waals surface area contributed by atoms with Gasteiger partial charge in [-0.15, -0.1) is 0 Å². The second-order valence-electron chi connectivity index (χ2n) is 7.02. The molecule has 0 unspecified atom stereocenters. The standard InChI is InChI=1S/C17H21NO4/c1-15(2,3)22-14(20)18-10-5-12-11-16(13(19)21-4)6-8-17(12,18)9-7-16/h5-9H,10-11H2,1-4H3. The summed E-state index contributed by atoms with van der Waals surface area (Å²) < 4.78 is 10.4. The quantitative estimate of drug-likeness (QED) is 0.552. The molecule has 1 heterocycles. The first kappa shape index (κ1) is 14.9. The van der Waals surface area contributed by atoms with E-state index in [1.54, 1.807) is 4.90 Å². The van der Waals surface area contributed by atoms with Crippen molar-refractivity contribution in [2.75, 3.05) is 13.7 Å². The van der Waals surface area contributed by atoms with Gasteiger partial charge in [-0.1, -0.05) is 30.4 Å². The van der Waals surface area contributed by atoms with E-state index in [0.29, 0.717) is 13.0 Å². The van der Waals surface area contributed by atoms with Crippen LogP contribution in [0.2, 0.25) is 0 Å². The van der Waals surface area contributed by atoms with Crippen LogP contribution in [-0.4, -0.2) is 41.8 Å². The fraction of sp³-hybridized carbons (Fsp3) is 0.529. The van der Waals surface area contributed by atoms with Gasteiger partial charge in [0.2, 0.25) is 0 Å². The molecule has 4 aliphatic rings. The second kappa shape index (κ2) is 4.48. The summed E-state index contributed by atoms with van der Waals surface area (Å²) in [6.45, 7) is 6.03. The average molecular weight is 303 g/mol. The van der Waals surface area contributed by atoms with Crippen LogP contribution in [0, 0.1) is 5.41 Å². The zero-order valence-corrected chi connectivity index (χ0v) is 13.4. The van der Waals surface area contributed by atoms with Gasteiger partial charge in [0.15, 0.2) is 0 Å². The van der Waals surface area contributed by atoms with Crippen LogP contribution in [0.1, 0.15) is 27.2 Å². The maximum absolute atomic E-state index is 12.5. The zero-order chi connectivity index (χ0) is 16.2. The predicted octanol–water partition coefficient (Wildman–Crippen LogP) is 2.59. The molecule has 5 heteroatoms. The molecule has 0 aromatic heterocycles. The lowest BCUT2D eigenvalue weighted by Gasteiger charge is -2.46. The molecule has 0 fully saturated rings. The number of rotatable bonds is 1. The summed E-state index contributed by atoms with van der Waals surface area (Å²) >= 11 is 0. The Labute approximate surface area is 130 Å². The molecule has 1 aliphatic heterocycles. The van der Waals surface area contributed by atoms with Crippen molar-refractivity contribution >= 4 is 12.1 Å². The average Bonchev–Trinajstić information content (AvgIpc) is 2.83. The molecule has 1 amide bonds. The zero-order valence-electron chi connectivity index (χ0n) is 13.4. The van der Waals surface area contributed by atoms with Gasteiger partial charge in [0.1, 0.15) is 16.6 Å². The lowest BCUT2D eigenvalue weighted by atomic mass is 9.64. The Morgan fingerprint density at radius 1 is 1.18 bits per heavy atom. The van der Waals surface area contributed by atoms with Crippen LogP contribution < -0.4 is 0 Å². The van der Waals surface area contributed by atoms with E-state index in [-0.39, 0.29) is 12.1 Å². The highest BCUT2D eigenvalue weighted by molar-refractivity contribution is 5.85. The summed E-state index contributed by atoms with van der Waals surface area (Å²) in [6, 6.07) is 0. The normalized spacial score (nSPS) is 31.8. The van der Waals surface area contributed by atoms with Gasteiger partial charge in [-0.3, -0.25) is 9.69 Å². The van der Waals surface area contributed by atoms with Crippen molar-refractivity contribution in [2.24, 2.45) is 5.41 Å². The van der Waals surface area contributed by atoms with Crippen LogP contribution in [-0.2, 0) is 14.3 Å². The smallest absolute Gasteiger partial charge is 0.411 e. The van der Waals surface area contributed by atoms with Crippen molar-refractivity contribution in [3.8, 4) is 0 Å². The van der Waals surface area contributed by atoms with Crippen molar-refractivity contribution in [2.45, 2.75) is 38.3 Å². The molecule has 0 saturated heterocycles. The van der Waals surface area contributed by atoms with Gasteiger partial charge in [0, 0.05) is 6.54 Å². The second-order valence-corrected chi connectivity index (χ2v) is 7.02. The highest BCUT2D eigenvalue weighted by Crippen LogP contribution is 2.51. The molecule has 22 heavy (non-hydrogen) atoms. The van der Waals surface area contributed by atoms with Crippen LogP contribution >= 0.6 is 0 Å². The Bertz CT molecular complexity index is 607. The van der Waals surface area contributed by atoms with E-state index in [2.05, 4.69) is 0 Å². The van der Waals surface area contributed by atoms with Gasteiger partial charge in [0.05, 0.1) is 7.11 Å². The topological polar surface area (TPSA) is 55.8 Å². The van der Waals surface area contributed by atoms with Crippen molar-refractivity contribution in [1.82, 2.24) is 4.90 Å². The molecule has 0 atom stereocenters. The highest BCUT2D eigenvalue weighted by Gasteiger charge is 2.54. The molecule has 3 aliphatic carbocycles.